The van der Waals surface area contributed by atoms with Crippen LogP contribution in [0.4, 0.5) is 29.3 Å². The summed E-state index contributed by atoms with van der Waals surface area (Å²) in [5.41, 5.74) is -0.809. The van der Waals surface area contributed by atoms with Crippen LogP contribution in [0.2, 0.25) is 0 Å². The molecule has 0 spiro atoms. The highest BCUT2D eigenvalue weighted by Gasteiger charge is 2.34. The third-order valence-electron chi connectivity index (χ3n) is 3.30. The highest BCUT2D eigenvalue weighted by molar-refractivity contribution is 5.90. The maximum Gasteiger partial charge on any atom is 0.418 e. The van der Waals surface area contributed by atoms with Gasteiger partial charge in [0.1, 0.15) is 0 Å². The lowest BCUT2D eigenvalue weighted by atomic mass is 10.1. The number of alkyl halides is 3. The van der Waals surface area contributed by atoms with Gasteiger partial charge in [-0.3, -0.25) is 0 Å². The van der Waals surface area contributed by atoms with Gasteiger partial charge in [-0.15, -0.1) is 0 Å². The van der Waals surface area contributed by atoms with Crippen LogP contribution >= 0.6 is 0 Å². The fraction of sp³-hybridized carbons (Fsp3) is 0.533. The van der Waals surface area contributed by atoms with Crippen LogP contribution in [-0.4, -0.2) is 49.8 Å². The number of halogens is 3. The Bertz CT molecular complexity index is 545. The molecular formula is C15H22F3N3O2. The minimum Gasteiger partial charge on any atom is -0.393 e. The van der Waals surface area contributed by atoms with Gasteiger partial charge < -0.3 is 20.2 Å². The largest absolute Gasteiger partial charge is 0.418 e. The summed E-state index contributed by atoms with van der Waals surface area (Å²) < 4.78 is 39.5. The number of nitrogens with one attached hydrogen (secondary N) is 1. The number of urea groups is 1. The lowest BCUT2D eigenvalue weighted by Crippen LogP contribution is -2.34. The molecule has 0 aromatic heterocycles. The molecule has 2 N–H and O–H groups in total. The Kier molecular flexibility index (Phi) is 6.26. The van der Waals surface area contributed by atoms with Crippen molar-refractivity contribution in [3.05, 3.63) is 23.8 Å². The summed E-state index contributed by atoms with van der Waals surface area (Å²) in [6.45, 7) is 1.81. The summed E-state index contributed by atoms with van der Waals surface area (Å²) in [5.74, 6) is 0. The summed E-state index contributed by atoms with van der Waals surface area (Å²) in [6.07, 6.45) is -4.82. The zero-order valence-corrected chi connectivity index (χ0v) is 13.6. The number of aliphatic hydroxyl groups excluding tert-OH is 1. The van der Waals surface area contributed by atoms with E-state index in [1.807, 2.05) is 0 Å². The van der Waals surface area contributed by atoms with E-state index in [1.54, 1.807) is 25.9 Å². The van der Waals surface area contributed by atoms with Crippen molar-refractivity contribution in [2.24, 2.45) is 0 Å². The molecule has 1 atom stereocenters. The van der Waals surface area contributed by atoms with Crippen molar-refractivity contribution < 1.29 is 23.1 Å². The van der Waals surface area contributed by atoms with E-state index in [9.17, 15) is 23.1 Å². The van der Waals surface area contributed by atoms with Crippen molar-refractivity contribution in [3.63, 3.8) is 0 Å². The van der Waals surface area contributed by atoms with E-state index in [1.165, 1.54) is 24.1 Å². The van der Waals surface area contributed by atoms with E-state index in [0.29, 0.717) is 12.1 Å². The van der Waals surface area contributed by atoms with Crippen molar-refractivity contribution >= 4 is 17.4 Å². The van der Waals surface area contributed by atoms with Crippen LogP contribution in [0.3, 0.4) is 0 Å². The van der Waals surface area contributed by atoms with Gasteiger partial charge in [-0.05, 0) is 31.5 Å². The topological polar surface area (TPSA) is 55.8 Å². The molecule has 1 aromatic rings. The number of nitrogens with zero attached hydrogens (tertiary/aromatic N) is 2. The zero-order valence-electron chi connectivity index (χ0n) is 13.6. The first-order valence-electron chi connectivity index (χ1n) is 7.11. The number of benzene rings is 1. The third kappa shape index (κ3) is 5.63. The number of hydrogen-bond acceptors (Lipinski definition) is 3. The number of carbonyl (C=O) groups is 1. The van der Waals surface area contributed by atoms with Gasteiger partial charge >= 0.3 is 12.2 Å². The first kappa shape index (κ1) is 19.1. The minimum atomic E-state index is -4.58. The number of carbonyl (C=O) groups excluding carboxylic acids is 1. The number of anilines is 2. The van der Waals surface area contributed by atoms with Crippen LogP contribution in [0.1, 0.15) is 18.9 Å². The number of hydrogen-bond donors (Lipinski definition) is 2. The van der Waals surface area contributed by atoms with E-state index in [4.69, 9.17) is 0 Å². The van der Waals surface area contributed by atoms with Crippen molar-refractivity contribution in [1.29, 1.82) is 0 Å². The van der Waals surface area contributed by atoms with Crippen molar-refractivity contribution in [2.75, 3.05) is 37.9 Å². The highest BCUT2D eigenvalue weighted by atomic mass is 19.4. The monoisotopic (exact) mass is 333 g/mol. The van der Waals surface area contributed by atoms with Crippen LogP contribution in [0.25, 0.3) is 0 Å². The van der Waals surface area contributed by atoms with Gasteiger partial charge in [-0.1, -0.05) is 0 Å². The molecule has 0 radical (unpaired) electrons. The summed E-state index contributed by atoms with van der Waals surface area (Å²) in [6, 6.07) is 3.07. The molecule has 1 aromatic carbocycles. The summed E-state index contributed by atoms with van der Waals surface area (Å²) in [4.78, 5) is 14.8. The highest BCUT2D eigenvalue weighted by Crippen LogP contribution is 2.37. The predicted octanol–water partition coefficient (Wildman–Crippen LogP) is 3.01. The fourth-order valence-corrected chi connectivity index (χ4v) is 1.85. The molecule has 0 aliphatic heterocycles. The van der Waals surface area contributed by atoms with E-state index in [-0.39, 0.29) is 12.2 Å². The fourth-order valence-electron chi connectivity index (χ4n) is 1.85. The maximum atomic E-state index is 13.2. The molecule has 2 amide bonds. The molecule has 5 nitrogen and oxygen atoms in total. The first-order valence-corrected chi connectivity index (χ1v) is 7.11. The standard InChI is InChI=1S/C15H22F3N3O2/c1-10(22)7-8-21(4)14(23)19-13-6-5-11(20(2)3)9-12(13)15(16,17)18/h5-6,9-10,22H,7-8H2,1-4H3,(H,19,23). The molecule has 1 rings (SSSR count). The maximum absolute atomic E-state index is 13.2. The molecule has 0 heterocycles. The lowest BCUT2D eigenvalue weighted by molar-refractivity contribution is -0.136. The molecule has 0 fully saturated rings. The Balaban J connectivity index is 2.97. The SMILES string of the molecule is CC(O)CCN(C)C(=O)Nc1ccc(N(C)C)cc1C(F)(F)F. The normalized spacial score (nSPS) is 12.7. The number of amides is 2. The lowest BCUT2D eigenvalue weighted by Gasteiger charge is -2.22. The van der Waals surface area contributed by atoms with Crippen molar-refractivity contribution in [3.8, 4) is 0 Å². The van der Waals surface area contributed by atoms with Gasteiger partial charge in [-0.2, -0.15) is 13.2 Å². The van der Waals surface area contributed by atoms with E-state index < -0.39 is 23.9 Å². The quantitative estimate of drug-likeness (QED) is 0.871. The Labute approximate surface area is 133 Å². The van der Waals surface area contributed by atoms with Crippen molar-refractivity contribution in [1.82, 2.24) is 4.90 Å². The second kappa shape index (κ2) is 7.54. The molecule has 8 heteroatoms. The predicted molar refractivity (Wildman–Crippen MR) is 83.7 cm³/mol. The van der Waals surface area contributed by atoms with Crippen molar-refractivity contribution in [2.45, 2.75) is 25.6 Å². The Morgan fingerprint density at radius 3 is 2.39 bits per heavy atom. The van der Waals surface area contributed by atoms with Crippen LogP contribution < -0.4 is 10.2 Å². The summed E-state index contributed by atoms with van der Waals surface area (Å²) >= 11 is 0. The van der Waals surface area contributed by atoms with Crippen LogP contribution in [0.5, 0.6) is 0 Å². The van der Waals surface area contributed by atoms with Crippen LogP contribution in [0.15, 0.2) is 18.2 Å². The molecule has 23 heavy (non-hydrogen) atoms. The van der Waals surface area contributed by atoms with Gasteiger partial charge in [0.05, 0.1) is 17.4 Å². The van der Waals surface area contributed by atoms with E-state index in [0.717, 1.165) is 6.07 Å². The van der Waals surface area contributed by atoms with Crippen LogP contribution in [-0.2, 0) is 6.18 Å². The van der Waals surface area contributed by atoms with Crippen LogP contribution in [0, 0.1) is 0 Å². The molecule has 1 unspecified atom stereocenters. The number of aliphatic hydroxyl groups is 1. The van der Waals surface area contributed by atoms with E-state index >= 15 is 0 Å². The smallest absolute Gasteiger partial charge is 0.393 e. The Hall–Kier alpha value is -1.96. The first-order chi connectivity index (χ1) is 10.5. The van der Waals surface area contributed by atoms with Gasteiger partial charge in [-0.25, -0.2) is 4.79 Å². The third-order valence-corrected chi connectivity index (χ3v) is 3.30. The van der Waals surface area contributed by atoms with Gasteiger partial charge in [0.25, 0.3) is 0 Å². The Morgan fingerprint density at radius 1 is 1.30 bits per heavy atom. The molecular weight excluding hydrogens is 311 g/mol. The zero-order chi connectivity index (χ0) is 17.8. The molecule has 0 aliphatic carbocycles. The van der Waals surface area contributed by atoms with Gasteiger partial charge in [0.2, 0.25) is 0 Å². The Morgan fingerprint density at radius 2 is 1.91 bits per heavy atom. The summed E-state index contributed by atoms with van der Waals surface area (Å²) in [7, 11) is 4.73. The molecule has 0 saturated carbocycles. The minimum absolute atomic E-state index is 0.237. The van der Waals surface area contributed by atoms with Gasteiger partial charge in [0, 0.05) is 33.4 Å². The second-order valence-electron chi connectivity index (χ2n) is 5.61. The summed E-state index contributed by atoms with van der Waals surface area (Å²) in [5, 5.41) is 11.5. The van der Waals surface area contributed by atoms with E-state index in [2.05, 4.69) is 5.32 Å². The average Bonchev–Trinajstić information content (AvgIpc) is 2.43. The molecule has 0 saturated heterocycles. The molecule has 0 aliphatic rings. The number of rotatable bonds is 5. The molecule has 0 bridgehead atoms. The molecule has 130 valence electrons. The van der Waals surface area contributed by atoms with Gasteiger partial charge in [0.15, 0.2) is 0 Å². The average molecular weight is 333 g/mol. The second-order valence-corrected chi connectivity index (χ2v) is 5.61.